The van der Waals surface area contributed by atoms with Gasteiger partial charge >= 0.3 is 0 Å². The highest BCUT2D eigenvalue weighted by molar-refractivity contribution is 5.77. The van der Waals surface area contributed by atoms with E-state index in [-0.39, 0.29) is 18.0 Å². The molecule has 0 saturated carbocycles. The third-order valence-electron chi connectivity index (χ3n) is 4.27. The molecule has 0 saturated heterocycles. The highest BCUT2D eigenvalue weighted by atomic mass is 16.5. The van der Waals surface area contributed by atoms with E-state index in [1.807, 2.05) is 24.3 Å². The summed E-state index contributed by atoms with van der Waals surface area (Å²) in [6.07, 6.45) is 2.88. The number of carbonyl (C=O) groups excluding carboxylic acids is 1. The minimum absolute atomic E-state index is 0.101. The van der Waals surface area contributed by atoms with E-state index < -0.39 is 0 Å². The number of rotatable bonds is 7. The number of amides is 1. The predicted octanol–water partition coefficient (Wildman–Crippen LogP) is 1.45. The Hall–Kier alpha value is -3.16. The van der Waals surface area contributed by atoms with Crippen LogP contribution in [0.15, 0.2) is 41.6 Å². The summed E-state index contributed by atoms with van der Waals surface area (Å²) in [5.41, 5.74) is 1.84. The fraction of sp³-hybridized carbons (Fsp3) is 0.368. The molecule has 0 bridgehead atoms. The molecule has 1 amide bonds. The van der Waals surface area contributed by atoms with Gasteiger partial charge in [0.25, 0.3) is 5.56 Å². The molecular weight excluding hydrogens is 346 g/mol. The normalized spacial score (nSPS) is 11.1. The molecule has 2 heterocycles. The van der Waals surface area contributed by atoms with Crippen LogP contribution in [0.5, 0.6) is 5.75 Å². The highest BCUT2D eigenvalue weighted by Gasteiger charge is 2.11. The van der Waals surface area contributed by atoms with E-state index in [1.165, 1.54) is 27.3 Å². The number of nitrogens with one attached hydrogen (secondary N) is 1. The Morgan fingerprint density at radius 3 is 2.70 bits per heavy atom. The molecule has 0 radical (unpaired) electrons. The van der Waals surface area contributed by atoms with Crippen molar-refractivity contribution in [1.82, 2.24) is 24.6 Å². The summed E-state index contributed by atoms with van der Waals surface area (Å²) in [5, 5.41) is 6.75. The van der Waals surface area contributed by atoms with Gasteiger partial charge < -0.3 is 10.1 Å². The molecule has 3 aromatic rings. The van der Waals surface area contributed by atoms with Gasteiger partial charge in [0.2, 0.25) is 5.91 Å². The van der Waals surface area contributed by atoms with Crippen molar-refractivity contribution < 1.29 is 9.53 Å². The van der Waals surface area contributed by atoms with Crippen molar-refractivity contribution in [3.8, 4) is 5.75 Å². The van der Waals surface area contributed by atoms with Gasteiger partial charge in [-0.1, -0.05) is 26.0 Å². The van der Waals surface area contributed by atoms with E-state index in [0.29, 0.717) is 30.1 Å². The number of benzene rings is 1. The molecule has 0 aliphatic rings. The van der Waals surface area contributed by atoms with Crippen LogP contribution in [0.1, 0.15) is 25.3 Å². The van der Waals surface area contributed by atoms with Gasteiger partial charge in [-0.3, -0.25) is 18.8 Å². The van der Waals surface area contributed by atoms with E-state index in [0.717, 1.165) is 5.75 Å². The first-order valence-electron chi connectivity index (χ1n) is 8.82. The Labute approximate surface area is 156 Å². The van der Waals surface area contributed by atoms with Gasteiger partial charge in [-0.15, -0.1) is 0 Å². The summed E-state index contributed by atoms with van der Waals surface area (Å²) < 4.78 is 8.35. The fourth-order valence-electron chi connectivity index (χ4n) is 2.72. The minimum atomic E-state index is -0.295. The van der Waals surface area contributed by atoms with Crippen LogP contribution in [0.4, 0.5) is 0 Å². The first-order valence-corrected chi connectivity index (χ1v) is 8.82. The van der Waals surface area contributed by atoms with Crippen LogP contribution in [-0.4, -0.2) is 38.4 Å². The molecule has 3 rings (SSSR count). The van der Waals surface area contributed by atoms with Gasteiger partial charge in [0.15, 0.2) is 5.52 Å². The number of hydrogen-bond donors (Lipinski definition) is 1. The van der Waals surface area contributed by atoms with Crippen molar-refractivity contribution in [2.75, 3.05) is 13.2 Å². The maximum Gasteiger partial charge on any atom is 0.279 e. The first kappa shape index (κ1) is 18.6. The van der Waals surface area contributed by atoms with Gasteiger partial charge in [0.1, 0.15) is 24.4 Å². The number of aromatic nitrogens is 4. The molecule has 0 spiro atoms. The summed E-state index contributed by atoms with van der Waals surface area (Å²) in [4.78, 5) is 28.6. The van der Waals surface area contributed by atoms with Gasteiger partial charge in [-0.2, -0.15) is 5.10 Å². The lowest BCUT2D eigenvalue weighted by atomic mass is 10.0. The number of nitrogens with zero attached hydrogens (tertiary/aromatic N) is 4. The van der Waals surface area contributed by atoms with Crippen molar-refractivity contribution in [1.29, 1.82) is 0 Å². The van der Waals surface area contributed by atoms with Crippen molar-refractivity contribution >= 4 is 16.9 Å². The van der Waals surface area contributed by atoms with Gasteiger partial charge in [0, 0.05) is 7.05 Å². The van der Waals surface area contributed by atoms with E-state index in [1.54, 1.807) is 7.05 Å². The number of carbonyl (C=O) groups is 1. The smallest absolute Gasteiger partial charge is 0.279 e. The highest BCUT2D eigenvalue weighted by Crippen LogP contribution is 2.18. The molecule has 0 aliphatic carbocycles. The zero-order valence-corrected chi connectivity index (χ0v) is 15.7. The average Bonchev–Trinajstić information content (AvgIpc) is 3.03. The van der Waals surface area contributed by atoms with Crippen LogP contribution in [0.3, 0.4) is 0 Å². The average molecular weight is 369 g/mol. The second-order valence-electron chi connectivity index (χ2n) is 6.60. The van der Waals surface area contributed by atoms with Crippen LogP contribution < -0.4 is 15.6 Å². The lowest BCUT2D eigenvalue weighted by Crippen LogP contribution is -2.34. The number of aryl methyl sites for hydroxylation is 1. The van der Waals surface area contributed by atoms with E-state index in [9.17, 15) is 9.59 Å². The molecule has 2 aromatic heterocycles. The molecule has 0 aliphatic heterocycles. The standard InChI is InChI=1S/C19H23N5O3/c1-13(2)14-4-6-15(7-5-14)27-9-8-20-17(25)11-24-12-21-16-10-22-23(3)18(16)19(24)26/h4-7,10,12-13H,8-9,11H2,1-3H3,(H,20,25). The van der Waals surface area contributed by atoms with Crippen LogP contribution in [0, 0.1) is 0 Å². The third-order valence-corrected chi connectivity index (χ3v) is 4.27. The second-order valence-corrected chi connectivity index (χ2v) is 6.60. The topological polar surface area (TPSA) is 91.0 Å². The Morgan fingerprint density at radius 1 is 1.26 bits per heavy atom. The molecule has 1 aromatic carbocycles. The Bertz CT molecular complexity index is 989. The number of ether oxygens (including phenoxy) is 1. The molecule has 0 fully saturated rings. The Morgan fingerprint density at radius 2 is 2.00 bits per heavy atom. The molecule has 0 atom stereocenters. The van der Waals surface area contributed by atoms with Crippen LogP contribution in [0.25, 0.3) is 11.0 Å². The van der Waals surface area contributed by atoms with E-state index in [2.05, 4.69) is 29.2 Å². The third kappa shape index (κ3) is 4.33. The molecule has 142 valence electrons. The van der Waals surface area contributed by atoms with Gasteiger partial charge in [-0.25, -0.2) is 4.98 Å². The second kappa shape index (κ2) is 8.03. The molecule has 8 heteroatoms. The van der Waals surface area contributed by atoms with Crippen LogP contribution in [-0.2, 0) is 18.4 Å². The summed E-state index contributed by atoms with van der Waals surface area (Å²) >= 11 is 0. The maximum atomic E-state index is 12.4. The van der Waals surface area contributed by atoms with E-state index >= 15 is 0 Å². The lowest BCUT2D eigenvalue weighted by Gasteiger charge is -2.10. The van der Waals surface area contributed by atoms with Crippen molar-refractivity contribution in [3.63, 3.8) is 0 Å². The predicted molar refractivity (Wildman–Crippen MR) is 102 cm³/mol. The SMILES string of the molecule is CC(C)c1ccc(OCCNC(=O)Cn2cnc3cnn(C)c3c2=O)cc1. The Kier molecular flexibility index (Phi) is 5.54. The minimum Gasteiger partial charge on any atom is -0.492 e. The molecule has 1 N–H and O–H groups in total. The first-order chi connectivity index (χ1) is 13.0. The molecule has 27 heavy (non-hydrogen) atoms. The van der Waals surface area contributed by atoms with Crippen molar-refractivity contribution in [2.24, 2.45) is 7.05 Å². The van der Waals surface area contributed by atoms with E-state index in [4.69, 9.17) is 4.74 Å². The maximum absolute atomic E-state index is 12.4. The molecule has 8 nitrogen and oxygen atoms in total. The van der Waals surface area contributed by atoms with Crippen LogP contribution >= 0.6 is 0 Å². The lowest BCUT2D eigenvalue weighted by molar-refractivity contribution is -0.121. The van der Waals surface area contributed by atoms with Gasteiger partial charge in [0.05, 0.1) is 19.1 Å². The summed E-state index contributed by atoms with van der Waals surface area (Å²) in [6.45, 7) is 4.87. The fourth-order valence-corrected chi connectivity index (χ4v) is 2.72. The largest absolute Gasteiger partial charge is 0.492 e. The number of fused-ring (bicyclic) bond motifs is 1. The monoisotopic (exact) mass is 369 g/mol. The zero-order chi connectivity index (χ0) is 19.4. The zero-order valence-electron chi connectivity index (χ0n) is 15.7. The van der Waals surface area contributed by atoms with Crippen LogP contribution in [0.2, 0.25) is 0 Å². The van der Waals surface area contributed by atoms with Crippen molar-refractivity contribution in [2.45, 2.75) is 26.3 Å². The summed E-state index contributed by atoms with van der Waals surface area (Å²) in [6, 6.07) is 7.91. The number of hydrogen-bond acceptors (Lipinski definition) is 5. The Balaban J connectivity index is 1.49. The summed E-state index contributed by atoms with van der Waals surface area (Å²) in [7, 11) is 1.67. The van der Waals surface area contributed by atoms with Crippen molar-refractivity contribution in [3.05, 3.63) is 52.7 Å². The summed E-state index contributed by atoms with van der Waals surface area (Å²) in [5.74, 6) is 0.955. The molecular formula is C19H23N5O3. The quantitative estimate of drug-likeness (QED) is 0.637. The van der Waals surface area contributed by atoms with Gasteiger partial charge in [-0.05, 0) is 23.6 Å². The molecule has 0 unspecified atom stereocenters.